The topological polar surface area (TPSA) is 79.3 Å². The molecular formula is C20H27N5O2. The molecule has 0 unspecified atom stereocenters. The summed E-state index contributed by atoms with van der Waals surface area (Å²) in [6, 6.07) is 7.35. The van der Waals surface area contributed by atoms with Crippen LogP contribution in [0.25, 0.3) is 0 Å². The summed E-state index contributed by atoms with van der Waals surface area (Å²) in [5, 5.41) is 10.1. The normalized spacial score (nSPS) is 16.6. The molecule has 3 amide bonds. The number of likely N-dealkylation sites (tertiary alicyclic amines) is 1. The monoisotopic (exact) mass is 369 g/mol. The van der Waals surface area contributed by atoms with Crippen LogP contribution in [0.15, 0.2) is 36.7 Å². The minimum atomic E-state index is -0.107. The number of benzene rings is 1. The molecule has 1 saturated heterocycles. The van der Waals surface area contributed by atoms with Gasteiger partial charge < -0.3 is 15.5 Å². The number of amides is 3. The maximum absolute atomic E-state index is 12.8. The lowest BCUT2D eigenvalue weighted by Crippen LogP contribution is -2.41. The van der Waals surface area contributed by atoms with Crippen LogP contribution in [0.2, 0.25) is 0 Å². The van der Waals surface area contributed by atoms with E-state index < -0.39 is 0 Å². The molecule has 1 fully saturated rings. The second kappa shape index (κ2) is 8.24. The molecule has 1 aliphatic rings. The van der Waals surface area contributed by atoms with Crippen LogP contribution < -0.4 is 10.6 Å². The van der Waals surface area contributed by atoms with Crippen molar-refractivity contribution in [3.05, 3.63) is 47.8 Å². The van der Waals surface area contributed by atoms with Crippen LogP contribution in [0.5, 0.6) is 0 Å². The molecule has 0 aliphatic carbocycles. The average Bonchev–Trinajstić information content (AvgIpc) is 3.28. The van der Waals surface area contributed by atoms with E-state index in [2.05, 4.69) is 15.7 Å². The highest BCUT2D eigenvalue weighted by molar-refractivity contribution is 5.96. The summed E-state index contributed by atoms with van der Waals surface area (Å²) in [5.41, 5.74) is 2.19. The van der Waals surface area contributed by atoms with Crippen LogP contribution in [0.3, 0.4) is 0 Å². The summed E-state index contributed by atoms with van der Waals surface area (Å²) < 4.78 is 1.86. The fourth-order valence-electron chi connectivity index (χ4n) is 3.39. The first kappa shape index (κ1) is 18.9. The zero-order chi connectivity index (χ0) is 19.4. The maximum Gasteiger partial charge on any atom is 0.322 e. The number of aromatic nitrogens is 2. The van der Waals surface area contributed by atoms with Gasteiger partial charge in [0.25, 0.3) is 5.91 Å². The molecule has 27 heavy (non-hydrogen) atoms. The van der Waals surface area contributed by atoms with E-state index in [0.29, 0.717) is 12.1 Å². The van der Waals surface area contributed by atoms with Gasteiger partial charge in [0.2, 0.25) is 0 Å². The molecule has 0 spiro atoms. The number of rotatable bonds is 5. The van der Waals surface area contributed by atoms with Crippen molar-refractivity contribution in [2.45, 2.75) is 52.2 Å². The fraction of sp³-hybridized carbons (Fsp3) is 0.450. The molecule has 2 N–H and O–H groups in total. The van der Waals surface area contributed by atoms with E-state index in [4.69, 9.17) is 0 Å². The van der Waals surface area contributed by atoms with Gasteiger partial charge in [-0.25, -0.2) is 4.79 Å². The first-order valence-corrected chi connectivity index (χ1v) is 9.40. The molecule has 1 aromatic carbocycles. The quantitative estimate of drug-likeness (QED) is 0.850. The lowest BCUT2D eigenvalue weighted by Gasteiger charge is -2.25. The molecule has 7 nitrogen and oxygen atoms in total. The third-order valence-corrected chi connectivity index (χ3v) is 4.74. The fourth-order valence-corrected chi connectivity index (χ4v) is 3.39. The molecule has 2 heterocycles. The van der Waals surface area contributed by atoms with E-state index in [1.807, 2.05) is 42.6 Å². The molecule has 7 heteroatoms. The van der Waals surface area contributed by atoms with Crippen molar-refractivity contribution in [2.75, 3.05) is 11.9 Å². The Morgan fingerprint density at radius 1 is 1.33 bits per heavy atom. The van der Waals surface area contributed by atoms with Crippen molar-refractivity contribution >= 4 is 17.6 Å². The molecule has 3 rings (SSSR count). The number of aryl methyl sites for hydroxylation is 1. The van der Waals surface area contributed by atoms with Crippen molar-refractivity contribution in [1.82, 2.24) is 20.0 Å². The Bertz CT molecular complexity index is 801. The van der Waals surface area contributed by atoms with Crippen molar-refractivity contribution in [1.29, 1.82) is 0 Å². The van der Waals surface area contributed by atoms with Crippen LogP contribution in [0.4, 0.5) is 10.5 Å². The Labute approximate surface area is 159 Å². The average molecular weight is 369 g/mol. The van der Waals surface area contributed by atoms with Gasteiger partial charge in [0.05, 0.1) is 12.6 Å². The first-order chi connectivity index (χ1) is 12.9. The Morgan fingerprint density at radius 2 is 2.15 bits per heavy atom. The number of nitrogens with zero attached hydrogens (tertiary/aromatic N) is 3. The SMILES string of the molecule is Cc1cc(C(=O)NC(C)C)ccc1NC(=O)N1CCC[C@H]1Cn1cccn1. The number of hydrogen-bond donors (Lipinski definition) is 2. The van der Waals surface area contributed by atoms with Crippen LogP contribution in [0.1, 0.15) is 42.6 Å². The van der Waals surface area contributed by atoms with E-state index in [1.165, 1.54) is 0 Å². The van der Waals surface area contributed by atoms with Crippen molar-refractivity contribution < 1.29 is 9.59 Å². The van der Waals surface area contributed by atoms with Gasteiger partial charge in [0.15, 0.2) is 0 Å². The predicted molar refractivity (Wildman–Crippen MR) is 105 cm³/mol. The van der Waals surface area contributed by atoms with Gasteiger partial charge >= 0.3 is 6.03 Å². The number of anilines is 1. The van der Waals surface area contributed by atoms with Gasteiger partial charge in [-0.1, -0.05) is 0 Å². The van der Waals surface area contributed by atoms with E-state index in [1.54, 1.807) is 24.4 Å². The minimum absolute atomic E-state index is 0.0825. The van der Waals surface area contributed by atoms with E-state index in [0.717, 1.165) is 30.6 Å². The number of carbonyl (C=O) groups excluding carboxylic acids is 2. The first-order valence-electron chi connectivity index (χ1n) is 9.40. The highest BCUT2D eigenvalue weighted by atomic mass is 16.2. The summed E-state index contributed by atoms with van der Waals surface area (Å²) in [4.78, 5) is 26.8. The summed E-state index contributed by atoms with van der Waals surface area (Å²) >= 11 is 0. The molecule has 2 aromatic rings. The van der Waals surface area contributed by atoms with Gasteiger partial charge in [-0.05, 0) is 63.4 Å². The highest BCUT2D eigenvalue weighted by Gasteiger charge is 2.29. The molecule has 1 aliphatic heterocycles. The highest BCUT2D eigenvalue weighted by Crippen LogP contribution is 2.22. The molecule has 0 radical (unpaired) electrons. The third kappa shape index (κ3) is 4.67. The molecular weight excluding hydrogens is 342 g/mol. The third-order valence-electron chi connectivity index (χ3n) is 4.74. The van der Waals surface area contributed by atoms with Gasteiger partial charge in [-0.15, -0.1) is 0 Å². The van der Waals surface area contributed by atoms with Crippen LogP contribution >= 0.6 is 0 Å². The largest absolute Gasteiger partial charge is 0.350 e. The van der Waals surface area contributed by atoms with Crippen molar-refractivity contribution in [3.8, 4) is 0 Å². The zero-order valence-corrected chi connectivity index (χ0v) is 16.1. The van der Waals surface area contributed by atoms with Crippen LogP contribution in [-0.4, -0.2) is 45.2 Å². The van der Waals surface area contributed by atoms with Gasteiger partial charge in [-0.3, -0.25) is 9.48 Å². The molecule has 1 aromatic heterocycles. The van der Waals surface area contributed by atoms with Gasteiger partial charge in [-0.2, -0.15) is 5.10 Å². The molecule has 0 saturated carbocycles. The van der Waals surface area contributed by atoms with Gasteiger partial charge in [0, 0.05) is 36.2 Å². The zero-order valence-electron chi connectivity index (χ0n) is 16.1. The lowest BCUT2D eigenvalue weighted by atomic mass is 10.1. The second-order valence-electron chi connectivity index (χ2n) is 7.31. The van der Waals surface area contributed by atoms with Gasteiger partial charge in [0.1, 0.15) is 0 Å². The van der Waals surface area contributed by atoms with E-state index in [9.17, 15) is 9.59 Å². The van der Waals surface area contributed by atoms with E-state index >= 15 is 0 Å². The van der Waals surface area contributed by atoms with Crippen LogP contribution in [0, 0.1) is 6.92 Å². The number of urea groups is 1. The molecule has 1 atom stereocenters. The van der Waals surface area contributed by atoms with E-state index in [-0.39, 0.29) is 24.0 Å². The Kier molecular flexibility index (Phi) is 5.78. The summed E-state index contributed by atoms with van der Waals surface area (Å²) in [6.45, 7) is 7.19. The van der Waals surface area contributed by atoms with Crippen LogP contribution in [-0.2, 0) is 6.54 Å². The maximum atomic E-state index is 12.8. The Morgan fingerprint density at radius 3 is 2.81 bits per heavy atom. The lowest BCUT2D eigenvalue weighted by molar-refractivity contribution is 0.0943. The Balaban J connectivity index is 1.65. The summed E-state index contributed by atoms with van der Waals surface area (Å²) in [6.07, 6.45) is 5.63. The molecule has 0 bridgehead atoms. The smallest absolute Gasteiger partial charge is 0.322 e. The standard InChI is InChI=1S/C20H27N5O2/c1-14(2)22-19(26)16-7-8-18(15(3)12-16)23-20(27)25-11-4-6-17(25)13-24-10-5-9-21-24/h5,7-10,12,14,17H,4,6,11,13H2,1-3H3,(H,22,26)(H,23,27)/t17-/m0/s1. The van der Waals surface area contributed by atoms with Crippen molar-refractivity contribution in [3.63, 3.8) is 0 Å². The molecule has 144 valence electrons. The number of nitrogens with one attached hydrogen (secondary N) is 2. The number of hydrogen-bond acceptors (Lipinski definition) is 3. The van der Waals surface area contributed by atoms with Crippen molar-refractivity contribution in [2.24, 2.45) is 0 Å². The second-order valence-corrected chi connectivity index (χ2v) is 7.31. The summed E-state index contributed by atoms with van der Waals surface area (Å²) in [7, 11) is 0. The minimum Gasteiger partial charge on any atom is -0.350 e. The predicted octanol–water partition coefficient (Wildman–Crippen LogP) is 3.03. The Hall–Kier alpha value is -2.83. The number of carbonyl (C=O) groups is 2. The summed E-state index contributed by atoms with van der Waals surface area (Å²) in [5.74, 6) is -0.107.